The van der Waals surface area contributed by atoms with Gasteiger partial charge in [0.25, 0.3) is 0 Å². The summed E-state index contributed by atoms with van der Waals surface area (Å²) in [6, 6.07) is 11.8. The van der Waals surface area contributed by atoms with E-state index in [0.717, 1.165) is 5.56 Å². The fourth-order valence-electron chi connectivity index (χ4n) is 5.59. The fourth-order valence-corrected chi connectivity index (χ4v) is 5.59. The van der Waals surface area contributed by atoms with Crippen LogP contribution in [0.25, 0.3) is 0 Å². The van der Waals surface area contributed by atoms with Gasteiger partial charge in [-0.1, -0.05) is 36.4 Å². The van der Waals surface area contributed by atoms with Crippen LogP contribution in [-0.4, -0.2) is 41.7 Å². The van der Waals surface area contributed by atoms with Crippen LogP contribution >= 0.6 is 0 Å². The van der Waals surface area contributed by atoms with Gasteiger partial charge in [-0.3, -0.25) is 29.4 Å². The molecule has 0 aliphatic carbocycles. The summed E-state index contributed by atoms with van der Waals surface area (Å²) in [4.78, 5) is 53.7. The van der Waals surface area contributed by atoms with Crippen LogP contribution in [0.5, 0.6) is 5.75 Å². The molecule has 1 spiro atoms. The molecule has 2 fully saturated rings. The normalized spacial score (nSPS) is 27.6. The Morgan fingerprint density at radius 3 is 2.61 bits per heavy atom. The average Bonchev–Trinajstić information content (AvgIpc) is 3.35. The molecule has 0 unspecified atom stereocenters. The summed E-state index contributed by atoms with van der Waals surface area (Å²) in [7, 11) is 1.52. The minimum Gasteiger partial charge on any atom is -0.496 e. The highest BCUT2D eigenvalue weighted by Crippen LogP contribution is 2.54. The summed E-state index contributed by atoms with van der Waals surface area (Å²) in [5.41, 5.74) is 6.76. The van der Waals surface area contributed by atoms with Crippen LogP contribution in [0, 0.1) is 18.8 Å². The van der Waals surface area contributed by atoms with E-state index in [9.17, 15) is 19.2 Å². The number of para-hydroxylation sites is 2. The van der Waals surface area contributed by atoms with Crippen LogP contribution in [-0.2, 0) is 31.3 Å². The van der Waals surface area contributed by atoms with Gasteiger partial charge in [0, 0.05) is 29.3 Å². The molecule has 0 saturated carbocycles. The quantitative estimate of drug-likeness (QED) is 0.580. The third-order valence-electron chi connectivity index (χ3n) is 6.99. The lowest BCUT2D eigenvalue weighted by atomic mass is 9.76. The average molecular weight is 448 g/mol. The predicted molar refractivity (Wildman–Crippen MR) is 118 cm³/mol. The van der Waals surface area contributed by atoms with Gasteiger partial charge in [-0.15, -0.1) is 0 Å². The van der Waals surface area contributed by atoms with Crippen LogP contribution in [0.15, 0.2) is 42.5 Å². The Morgan fingerprint density at radius 1 is 1.12 bits per heavy atom. The molecule has 3 aliphatic rings. The van der Waals surface area contributed by atoms with Crippen LogP contribution < -0.4 is 21.1 Å². The highest BCUT2D eigenvalue weighted by Gasteiger charge is 2.70. The number of hydrogen-bond acceptors (Lipinski definition) is 6. The summed E-state index contributed by atoms with van der Waals surface area (Å²) in [6.07, 6.45) is -0.168. The summed E-state index contributed by atoms with van der Waals surface area (Å²) in [6.45, 7) is 1.87. The zero-order valence-electron chi connectivity index (χ0n) is 18.3. The number of fused-ring (bicyclic) bond motifs is 4. The standard InChI is InChI=1S/C24H24N4O5/c1-12-6-5-8-14-20(12)26-23(32)24(14)19-18(15(27-24)10-17(25)29)21(30)28(22(19)31)11-13-7-3-4-9-16(13)33-2/h3-9,15,18-19,27H,10-11H2,1-2H3,(H2,25,29)(H,26,32)/t15-,18+,19+,24+/m0/s1. The first-order chi connectivity index (χ1) is 15.8. The summed E-state index contributed by atoms with van der Waals surface area (Å²) >= 11 is 0. The molecule has 4 amide bonds. The van der Waals surface area contributed by atoms with Gasteiger partial charge in [0.05, 0.1) is 25.5 Å². The molecule has 2 aromatic carbocycles. The molecule has 0 aromatic heterocycles. The van der Waals surface area contributed by atoms with Crippen LogP contribution in [0.3, 0.4) is 0 Å². The molecule has 5 rings (SSSR count). The van der Waals surface area contributed by atoms with E-state index in [1.54, 1.807) is 30.3 Å². The van der Waals surface area contributed by atoms with Crippen LogP contribution in [0.4, 0.5) is 5.69 Å². The number of carbonyl (C=O) groups is 4. The molecule has 9 heteroatoms. The van der Waals surface area contributed by atoms with Gasteiger partial charge in [0.2, 0.25) is 23.6 Å². The smallest absolute Gasteiger partial charge is 0.250 e. The van der Waals surface area contributed by atoms with Gasteiger partial charge >= 0.3 is 0 Å². The predicted octanol–water partition coefficient (Wildman–Crippen LogP) is 0.800. The van der Waals surface area contributed by atoms with Gasteiger partial charge in [-0.05, 0) is 18.6 Å². The molecule has 4 atom stereocenters. The van der Waals surface area contributed by atoms with Crippen molar-refractivity contribution in [1.29, 1.82) is 0 Å². The number of imide groups is 1. The van der Waals surface area contributed by atoms with Crippen molar-refractivity contribution in [2.75, 3.05) is 12.4 Å². The van der Waals surface area contributed by atoms with Crippen LogP contribution in [0.1, 0.15) is 23.1 Å². The Labute approximate surface area is 190 Å². The van der Waals surface area contributed by atoms with Crippen molar-refractivity contribution < 1.29 is 23.9 Å². The van der Waals surface area contributed by atoms with E-state index in [0.29, 0.717) is 22.6 Å². The van der Waals surface area contributed by atoms with E-state index in [1.165, 1.54) is 12.0 Å². The maximum Gasteiger partial charge on any atom is 0.250 e. The number of likely N-dealkylation sites (tertiary alicyclic amines) is 1. The van der Waals surface area contributed by atoms with Crippen molar-refractivity contribution in [3.05, 3.63) is 59.2 Å². The number of carbonyl (C=O) groups excluding carboxylic acids is 4. The molecule has 33 heavy (non-hydrogen) atoms. The Morgan fingerprint density at radius 2 is 1.88 bits per heavy atom. The summed E-state index contributed by atoms with van der Waals surface area (Å²) in [5, 5.41) is 6.08. The molecule has 2 aromatic rings. The molecular formula is C24H24N4O5. The third kappa shape index (κ3) is 2.88. The number of hydrogen-bond donors (Lipinski definition) is 3. The molecule has 170 valence electrons. The third-order valence-corrected chi connectivity index (χ3v) is 6.99. The first-order valence-electron chi connectivity index (χ1n) is 10.7. The zero-order valence-corrected chi connectivity index (χ0v) is 18.3. The lowest BCUT2D eigenvalue weighted by Gasteiger charge is -2.29. The second kappa shape index (κ2) is 7.41. The van der Waals surface area contributed by atoms with Crippen LogP contribution in [0.2, 0.25) is 0 Å². The number of ether oxygens (including phenoxy) is 1. The number of amides is 4. The Bertz CT molecular complexity index is 1210. The van der Waals surface area contributed by atoms with Gasteiger partial charge in [-0.2, -0.15) is 0 Å². The molecular weight excluding hydrogens is 424 g/mol. The monoisotopic (exact) mass is 448 g/mol. The molecule has 0 radical (unpaired) electrons. The Kier molecular flexibility index (Phi) is 4.75. The van der Waals surface area contributed by atoms with E-state index in [-0.39, 0.29) is 13.0 Å². The maximum atomic E-state index is 13.8. The van der Waals surface area contributed by atoms with Crippen molar-refractivity contribution in [2.24, 2.45) is 17.6 Å². The SMILES string of the molecule is COc1ccccc1CN1C(=O)[C@@H]2[C@H](CC(N)=O)N[C@@]3(C(=O)Nc4c(C)cccc43)[C@H]2C1=O. The summed E-state index contributed by atoms with van der Waals surface area (Å²) in [5.74, 6) is -3.25. The first kappa shape index (κ1) is 21.1. The molecule has 3 aliphatic heterocycles. The van der Waals surface area contributed by atoms with Crippen molar-refractivity contribution in [3.8, 4) is 5.75 Å². The maximum absolute atomic E-state index is 13.8. The van der Waals surface area contributed by atoms with E-state index < -0.39 is 47.0 Å². The number of anilines is 1. The lowest BCUT2D eigenvalue weighted by molar-refractivity contribution is -0.143. The molecule has 0 bridgehead atoms. The Balaban J connectivity index is 1.61. The number of primary amides is 1. The first-order valence-corrected chi connectivity index (χ1v) is 10.7. The van der Waals surface area contributed by atoms with E-state index in [1.807, 2.05) is 19.1 Å². The minimum atomic E-state index is -1.45. The van der Waals surface area contributed by atoms with E-state index >= 15 is 0 Å². The fraction of sp³-hybridized carbons (Fsp3) is 0.333. The number of aryl methyl sites for hydroxylation is 1. The highest BCUT2D eigenvalue weighted by molar-refractivity contribution is 6.15. The Hall–Kier alpha value is -3.72. The second-order valence-corrected chi connectivity index (χ2v) is 8.76. The van der Waals surface area contributed by atoms with Gasteiger partial charge in [0.1, 0.15) is 11.3 Å². The number of methoxy groups -OCH3 is 1. The molecule has 9 nitrogen and oxygen atoms in total. The van der Waals surface area contributed by atoms with E-state index in [4.69, 9.17) is 10.5 Å². The largest absolute Gasteiger partial charge is 0.496 e. The molecule has 2 saturated heterocycles. The number of rotatable bonds is 5. The van der Waals surface area contributed by atoms with Crippen molar-refractivity contribution >= 4 is 29.3 Å². The number of nitrogens with zero attached hydrogens (tertiary/aromatic N) is 1. The number of nitrogens with two attached hydrogens (primary N) is 1. The van der Waals surface area contributed by atoms with Crippen molar-refractivity contribution in [1.82, 2.24) is 10.2 Å². The van der Waals surface area contributed by atoms with E-state index in [2.05, 4.69) is 10.6 Å². The summed E-state index contributed by atoms with van der Waals surface area (Å²) < 4.78 is 5.38. The number of benzene rings is 2. The molecule has 4 N–H and O–H groups in total. The van der Waals surface area contributed by atoms with Gasteiger partial charge in [0.15, 0.2) is 0 Å². The van der Waals surface area contributed by atoms with Gasteiger partial charge < -0.3 is 15.8 Å². The van der Waals surface area contributed by atoms with Crippen molar-refractivity contribution in [3.63, 3.8) is 0 Å². The lowest BCUT2D eigenvalue weighted by Crippen LogP contribution is -2.53. The topological polar surface area (TPSA) is 131 Å². The van der Waals surface area contributed by atoms with Gasteiger partial charge in [-0.25, -0.2) is 0 Å². The zero-order chi connectivity index (χ0) is 23.5. The second-order valence-electron chi connectivity index (χ2n) is 8.76. The van der Waals surface area contributed by atoms with Crippen molar-refractivity contribution in [2.45, 2.75) is 31.5 Å². The highest BCUT2D eigenvalue weighted by atomic mass is 16.5. The number of nitrogens with one attached hydrogen (secondary N) is 2. The molecule has 3 heterocycles. The minimum absolute atomic E-state index is 0.0103.